The standard InChI is InChI=1S/C8H5ClINO2/c9-7-4-2-1-3-6(7)8(10)5-11(12)13/h1-5H/b8-5-. The van der Waals surface area contributed by atoms with Crippen molar-refractivity contribution in [3.8, 4) is 0 Å². The van der Waals surface area contributed by atoms with Gasteiger partial charge < -0.3 is 0 Å². The molecule has 68 valence electrons. The van der Waals surface area contributed by atoms with E-state index < -0.39 is 4.92 Å². The molecule has 0 radical (unpaired) electrons. The van der Waals surface area contributed by atoms with E-state index in [1.807, 2.05) is 22.6 Å². The van der Waals surface area contributed by atoms with Crippen LogP contribution in [0.1, 0.15) is 5.56 Å². The first-order valence-corrected chi connectivity index (χ1v) is 4.82. The third-order valence-corrected chi connectivity index (χ3v) is 2.54. The summed E-state index contributed by atoms with van der Waals surface area (Å²) in [5.74, 6) is 0. The number of hydrogen-bond donors (Lipinski definition) is 0. The number of rotatable bonds is 2. The molecular formula is C8H5ClINO2. The summed E-state index contributed by atoms with van der Waals surface area (Å²) in [4.78, 5) is 9.68. The predicted molar refractivity (Wildman–Crippen MR) is 60.4 cm³/mol. The molecule has 1 aromatic carbocycles. The van der Waals surface area contributed by atoms with E-state index in [9.17, 15) is 10.1 Å². The minimum Gasteiger partial charge on any atom is -0.259 e. The highest BCUT2D eigenvalue weighted by molar-refractivity contribution is 14.1. The maximum Gasteiger partial charge on any atom is 0.248 e. The van der Waals surface area contributed by atoms with E-state index in [0.29, 0.717) is 14.2 Å². The highest BCUT2D eigenvalue weighted by Gasteiger charge is 2.05. The zero-order chi connectivity index (χ0) is 9.84. The maximum atomic E-state index is 10.2. The summed E-state index contributed by atoms with van der Waals surface area (Å²) in [6.45, 7) is 0. The highest BCUT2D eigenvalue weighted by Crippen LogP contribution is 2.28. The largest absolute Gasteiger partial charge is 0.259 e. The van der Waals surface area contributed by atoms with E-state index in [0.717, 1.165) is 6.20 Å². The van der Waals surface area contributed by atoms with Crippen molar-refractivity contribution >= 4 is 37.8 Å². The summed E-state index contributed by atoms with van der Waals surface area (Å²) < 4.78 is 0.521. The van der Waals surface area contributed by atoms with Gasteiger partial charge >= 0.3 is 0 Å². The van der Waals surface area contributed by atoms with Gasteiger partial charge in [0.15, 0.2) is 0 Å². The van der Waals surface area contributed by atoms with Gasteiger partial charge in [-0.15, -0.1) is 0 Å². The van der Waals surface area contributed by atoms with Crippen LogP contribution < -0.4 is 0 Å². The number of hydrogen-bond acceptors (Lipinski definition) is 2. The zero-order valence-corrected chi connectivity index (χ0v) is 9.32. The van der Waals surface area contributed by atoms with Crippen LogP contribution in [0.3, 0.4) is 0 Å². The number of nitro groups is 1. The zero-order valence-electron chi connectivity index (χ0n) is 6.41. The molecule has 0 aliphatic carbocycles. The number of halogens is 2. The summed E-state index contributed by atoms with van der Waals surface area (Å²) in [5, 5.41) is 10.7. The highest BCUT2D eigenvalue weighted by atomic mass is 127. The maximum absolute atomic E-state index is 10.2. The third kappa shape index (κ3) is 2.96. The third-order valence-electron chi connectivity index (χ3n) is 1.35. The molecule has 0 fully saturated rings. The van der Waals surface area contributed by atoms with Gasteiger partial charge in [-0.05, 0) is 28.7 Å². The molecule has 0 aromatic heterocycles. The Morgan fingerprint density at radius 3 is 2.69 bits per heavy atom. The SMILES string of the molecule is O=[N+]([O-])/C=C(\I)c1ccccc1Cl. The van der Waals surface area contributed by atoms with Crippen molar-refractivity contribution in [2.45, 2.75) is 0 Å². The molecule has 0 aliphatic rings. The Labute approximate surface area is 93.7 Å². The molecule has 13 heavy (non-hydrogen) atoms. The van der Waals surface area contributed by atoms with Crippen LogP contribution in [0.15, 0.2) is 30.5 Å². The molecule has 0 unspecified atom stereocenters. The Morgan fingerprint density at radius 2 is 2.15 bits per heavy atom. The summed E-state index contributed by atoms with van der Waals surface area (Å²) in [6, 6.07) is 7.00. The molecule has 0 saturated heterocycles. The van der Waals surface area contributed by atoms with Crippen LogP contribution in [-0.2, 0) is 0 Å². The van der Waals surface area contributed by atoms with Gasteiger partial charge in [-0.2, -0.15) is 0 Å². The lowest BCUT2D eigenvalue weighted by atomic mass is 10.2. The summed E-state index contributed by atoms with van der Waals surface area (Å²) >= 11 is 7.72. The van der Waals surface area contributed by atoms with E-state index in [2.05, 4.69) is 0 Å². The fourth-order valence-corrected chi connectivity index (χ4v) is 1.91. The molecule has 1 rings (SSSR count). The molecular weight excluding hydrogens is 304 g/mol. The summed E-state index contributed by atoms with van der Waals surface area (Å²) in [7, 11) is 0. The lowest BCUT2D eigenvalue weighted by Crippen LogP contribution is -1.86. The smallest absolute Gasteiger partial charge is 0.248 e. The van der Waals surface area contributed by atoms with Gasteiger partial charge in [0.25, 0.3) is 0 Å². The molecule has 0 spiro atoms. The molecule has 0 saturated carbocycles. The first kappa shape index (κ1) is 10.5. The van der Waals surface area contributed by atoms with Crippen LogP contribution >= 0.6 is 34.2 Å². The van der Waals surface area contributed by atoms with Crippen molar-refractivity contribution in [3.05, 3.63) is 51.2 Å². The second-order valence-corrected chi connectivity index (χ2v) is 3.81. The minimum absolute atomic E-state index is 0.495. The van der Waals surface area contributed by atoms with E-state index in [1.165, 1.54) is 0 Å². The monoisotopic (exact) mass is 309 g/mol. The average molecular weight is 309 g/mol. The lowest BCUT2D eigenvalue weighted by Gasteiger charge is -1.98. The lowest BCUT2D eigenvalue weighted by molar-refractivity contribution is -0.401. The Morgan fingerprint density at radius 1 is 1.54 bits per heavy atom. The van der Waals surface area contributed by atoms with Crippen molar-refractivity contribution in [2.75, 3.05) is 0 Å². The molecule has 3 nitrogen and oxygen atoms in total. The predicted octanol–water partition coefficient (Wildman–Crippen LogP) is 3.35. The quantitative estimate of drug-likeness (QED) is 0.478. The van der Waals surface area contributed by atoms with Crippen molar-refractivity contribution in [2.24, 2.45) is 0 Å². The second-order valence-electron chi connectivity index (χ2n) is 2.24. The van der Waals surface area contributed by atoms with Gasteiger partial charge in [0.05, 0.1) is 8.50 Å². The van der Waals surface area contributed by atoms with Crippen LogP contribution in [0.4, 0.5) is 0 Å². The molecule has 1 aromatic rings. The molecule has 5 heteroatoms. The first-order valence-electron chi connectivity index (χ1n) is 3.37. The van der Waals surface area contributed by atoms with E-state index >= 15 is 0 Å². The fraction of sp³-hybridized carbons (Fsp3) is 0. The Balaban J connectivity index is 3.08. The first-order chi connectivity index (χ1) is 6.11. The van der Waals surface area contributed by atoms with Gasteiger partial charge in [0.1, 0.15) is 0 Å². The normalized spacial score (nSPS) is 11.4. The van der Waals surface area contributed by atoms with Crippen LogP contribution in [0.5, 0.6) is 0 Å². The van der Waals surface area contributed by atoms with Gasteiger partial charge in [0, 0.05) is 10.6 Å². The number of benzene rings is 1. The summed E-state index contributed by atoms with van der Waals surface area (Å²) in [6.07, 6.45) is 0.932. The molecule has 0 amide bonds. The Bertz CT molecular complexity index is 365. The van der Waals surface area contributed by atoms with Gasteiger partial charge in [-0.1, -0.05) is 29.8 Å². The van der Waals surface area contributed by atoms with Crippen LogP contribution in [0, 0.1) is 10.1 Å². The van der Waals surface area contributed by atoms with E-state index in [1.54, 1.807) is 24.3 Å². The second kappa shape index (κ2) is 4.57. The van der Waals surface area contributed by atoms with E-state index in [4.69, 9.17) is 11.6 Å². The average Bonchev–Trinajstić information content (AvgIpc) is 2.03. The van der Waals surface area contributed by atoms with E-state index in [-0.39, 0.29) is 0 Å². The molecule has 0 aliphatic heterocycles. The van der Waals surface area contributed by atoms with Crippen LogP contribution in [0.25, 0.3) is 3.58 Å². The van der Waals surface area contributed by atoms with Gasteiger partial charge in [-0.25, -0.2) is 0 Å². The Kier molecular flexibility index (Phi) is 3.68. The van der Waals surface area contributed by atoms with Crippen LogP contribution in [-0.4, -0.2) is 4.92 Å². The topological polar surface area (TPSA) is 43.1 Å². The molecule has 0 bridgehead atoms. The van der Waals surface area contributed by atoms with Crippen molar-refractivity contribution in [3.63, 3.8) is 0 Å². The Hall–Kier alpha value is -0.620. The van der Waals surface area contributed by atoms with Gasteiger partial charge in [0.2, 0.25) is 6.20 Å². The van der Waals surface area contributed by atoms with Crippen molar-refractivity contribution in [1.29, 1.82) is 0 Å². The van der Waals surface area contributed by atoms with Crippen LogP contribution in [0.2, 0.25) is 5.02 Å². The molecule has 0 atom stereocenters. The minimum atomic E-state index is -0.495. The number of nitrogens with zero attached hydrogens (tertiary/aromatic N) is 1. The molecule has 0 heterocycles. The van der Waals surface area contributed by atoms with Crippen molar-refractivity contribution < 1.29 is 4.92 Å². The fourth-order valence-electron chi connectivity index (χ4n) is 0.817. The molecule has 0 N–H and O–H groups in total. The van der Waals surface area contributed by atoms with Gasteiger partial charge in [-0.3, -0.25) is 10.1 Å². The summed E-state index contributed by atoms with van der Waals surface area (Å²) in [5.41, 5.74) is 0.682. The van der Waals surface area contributed by atoms with Crippen molar-refractivity contribution in [1.82, 2.24) is 0 Å².